The van der Waals surface area contributed by atoms with Crippen LogP contribution in [0.5, 0.6) is 0 Å². The van der Waals surface area contributed by atoms with Crippen LogP contribution < -0.4 is 4.90 Å². The van der Waals surface area contributed by atoms with Crippen molar-refractivity contribution in [2.24, 2.45) is 0 Å². The molecule has 0 N–H and O–H groups in total. The van der Waals surface area contributed by atoms with Gasteiger partial charge in [0.1, 0.15) is 11.6 Å². The van der Waals surface area contributed by atoms with Gasteiger partial charge in [0.25, 0.3) is 5.91 Å². The van der Waals surface area contributed by atoms with E-state index in [1.54, 1.807) is 29.2 Å². The van der Waals surface area contributed by atoms with Crippen LogP contribution >= 0.6 is 0 Å². The maximum atomic E-state index is 14.3. The second-order valence-electron chi connectivity index (χ2n) is 9.30. The van der Waals surface area contributed by atoms with Crippen molar-refractivity contribution >= 4 is 17.6 Å². The molecule has 0 radical (unpaired) electrons. The Labute approximate surface area is 202 Å². The first-order chi connectivity index (χ1) is 16.9. The number of likely N-dealkylation sites (tertiary alicyclic amines) is 1. The average Bonchev–Trinajstić information content (AvgIpc) is 3.18. The minimum atomic E-state index is -0.394. The number of benzene rings is 3. The van der Waals surface area contributed by atoms with Gasteiger partial charge in [0, 0.05) is 29.8 Å². The van der Waals surface area contributed by atoms with E-state index in [-0.39, 0.29) is 23.1 Å². The highest BCUT2D eigenvalue weighted by atomic mass is 19.1. The summed E-state index contributed by atoms with van der Waals surface area (Å²) < 4.78 is 32.4. The fourth-order valence-corrected chi connectivity index (χ4v) is 5.26. The zero-order chi connectivity index (χ0) is 24.6. The highest BCUT2D eigenvalue weighted by Crippen LogP contribution is 2.47. The standard InChI is InChI=1S/C28H26F2N2O3/c1-35-27(34)21-4-2-19(3-5-21)17-31-14-12-28(13-15-31)18-32(25-11-10-23(30)16-24(25)28)26(33)20-6-8-22(29)9-7-20/h2-11,16H,12-15,17-18H2,1H3. The van der Waals surface area contributed by atoms with Gasteiger partial charge in [-0.3, -0.25) is 9.69 Å². The van der Waals surface area contributed by atoms with E-state index in [0.29, 0.717) is 17.7 Å². The van der Waals surface area contributed by atoms with E-state index in [0.717, 1.165) is 49.3 Å². The zero-order valence-corrected chi connectivity index (χ0v) is 19.5. The van der Waals surface area contributed by atoms with Gasteiger partial charge >= 0.3 is 5.97 Å². The van der Waals surface area contributed by atoms with E-state index in [1.165, 1.54) is 37.4 Å². The summed E-state index contributed by atoms with van der Waals surface area (Å²) in [5.41, 5.74) is 3.30. The number of rotatable bonds is 4. The van der Waals surface area contributed by atoms with Crippen molar-refractivity contribution in [3.63, 3.8) is 0 Å². The first kappa shape index (κ1) is 23.2. The smallest absolute Gasteiger partial charge is 0.337 e. The molecule has 0 saturated carbocycles. The lowest BCUT2D eigenvalue weighted by molar-refractivity contribution is 0.0600. The molecule has 1 fully saturated rings. The van der Waals surface area contributed by atoms with Crippen LogP contribution in [0.3, 0.4) is 0 Å². The lowest BCUT2D eigenvalue weighted by Gasteiger charge is -2.40. The molecule has 35 heavy (non-hydrogen) atoms. The first-order valence-electron chi connectivity index (χ1n) is 11.7. The Kier molecular flexibility index (Phi) is 6.11. The fourth-order valence-electron chi connectivity index (χ4n) is 5.26. The number of carbonyl (C=O) groups is 2. The predicted molar refractivity (Wildman–Crippen MR) is 128 cm³/mol. The third-order valence-corrected chi connectivity index (χ3v) is 7.21. The quantitative estimate of drug-likeness (QED) is 0.501. The SMILES string of the molecule is COC(=O)c1ccc(CN2CCC3(CC2)CN(C(=O)c2ccc(F)cc2)c2ccc(F)cc23)cc1. The number of hydrogen-bond acceptors (Lipinski definition) is 4. The number of amides is 1. The largest absolute Gasteiger partial charge is 0.465 e. The number of carbonyl (C=O) groups excluding carboxylic acids is 2. The second-order valence-corrected chi connectivity index (χ2v) is 9.30. The van der Waals surface area contributed by atoms with Crippen LogP contribution in [0.4, 0.5) is 14.5 Å². The van der Waals surface area contributed by atoms with Crippen LogP contribution in [0, 0.1) is 11.6 Å². The summed E-state index contributed by atoms with van der Waals surface area (Å²) in [4.78, 5) is 29.0. The fraction of sp³-hybridized carbons (Fsp3) is 0.286. The summed E-state index contributed by atoms with van der Waals surface area (Å²) in [6.07, 6.45) is 1.58. The van der Waals surface area contributed by atoms with E-state index in [4.69, 9.17) is 4.74 Å². The van der Waals surface area contributed by atoms with Gasteiger partial charge in [-0.1, -0.05) is 12.1 Å². The molecule has 0 aliphatic carbocycles. The van der Waals surface area contributed by atoms with Gasteiger partial charge in [0.05, 0.1) is 12.7 Å². The number of methoxy groups -OCH3 is 1. The summed E-state index contributed by atoms with van der Waals surface area (Å²) in [5.74, 6) is -1.27. The highest BCUT2D eigenvalue weighted by molar-refractivity contribution is 6.07. The van der Waals surface area contributed by atoms with Crippen molar-refractivity contribution in [1.29, 1.82) is 0 Å². The van der Waals surface area contributed by atoms with Gasteiger partial charge in [-0.05, 0) is 91.7 Å². The molecule has 2 aliphatic rings. The Hall–Kier alpha value is -3.58. The van der Waals surface area contributed by atoms with Gasteiger partial charge in [0.15, 0.2) is 0 Å². The molecule has 3 aromatic carbocycles. The van der Waals surface area contributed by atoms with E-state index in [9.17, 15) is 18.4 Å². The zero-order valence-electron chi connectivity index (χ0n) is 19.5. The Balaban J connectivity index is 1.33. The summed E-state index contributed by atoms with van der Waals surface area (Å²) in [7, 11) is 1.36. The predicted octanol–water partition coefficient (Wildman–Crippen LogP) is 4.95. The molecule has 2 heterocycles. The molecule has 0 aromatic heterocycles. The van der Waals surface area contributed by atoms with Crippen LogP contribution in [-0.2, 0) is 16.7 Å². The van der Waals surface area contributed by atoms with Crippen molar-refractivity contribution in [3.8, 4) is 0 Å². The summed E-state index contributed by atoms with van der Waals surface area (Å²) in [6.45, 7) is 2.82. The summed E-state index contributed by atoms with van der Waals surface area (Å²) >= 11 is 0. The minimum Gasteiger partial charge on any atom is -0.465 e. The van der Waals surface area contributed by atoms with Crippen molar-refractivity contribution in [2.45, 2.75) is 24.8 Å². The van der Waals surface area contributed by atoms with Gasteiger partial charge in [-0.25, -0.2) is 13.6 Å². The highest BCUT2D eigenvalue weighted by Gasteiger charge is 2.46. The molecule has 2 aliphatic heterocycles. The number of hydrogen-bond donors (Lipinski definition) is 0. The van der Waals surface area contributed by atoms with E-state index >= 15 is 0 Å². The number of esters is 1. The Bertz CT molecular complexity index is 1250. The molecule has 1 amide bonds. The molecule has 180 valence electrons. The van der Waals surface area contributed by atoms with Crippen molar-refractivity contribution in [3.05, 3.63) is 101 Å². The van der Waals surface area contributed by atoms with Crippen LogP contribution in [0.25, 0.3) is 0 Å². The van der Waals surface area contributed by atoms with Gasteiger partial charge in [0.2, 0.25) is 0 Å². The van der Waals surface area contributed by atoms with Crippen LogP contribution in [0.2, 0.25) is 0 Å². The number of nitrogens with zero attached hydrogens (tertiary/aromatic N) is 2. The number of anilines is 1. The van der Waals surface area contributed by atoms with Gasteiger partial charge in [-0.2, -0.15) is 0 Å². The normalized spacial score (nSPS) is 16.8. The number of fused-ring (bicyclic) bond motifs is 2. The van der Waals surface area contributed by atoms with Gasteiger partial charge < -0.3 is 9.64 Å². The summed E-state index contributed by atoms with van der Waals surface area (Å²) in [6, 6.07) is 17.5. The monoisotopic (exact) mass is 476 g/mol. The molecule has 1 saturated heterocycles. The van der Waals surface area contributed by atoms with Crippen molar-refractivity contribution < 1.29 is 23.1 Å². The number of ether oxygens (including phenoxy) is 1. The third-order valence-electron chi connectivity index (χ3n) is 7.21. The lowest BCUT2D eigenvalue weighted by atomic mass is 9.74. The molecule has 7 heteroatoms. The van der Waals surface area contributed by atoms with E-state index in [1.807, 2.05) is 12.1 Å². The Morgan fingerprint density at radius 2 is 1.51 bits per heavy atom. The maximum absolute atomic E-state index is 14.3. The topological polar surface area (TPSA) is 49.9 Å². The molecule has 5 nitrogen and oxygen atoms in total. The maximum Gasteiger partial charge on any atom is 0.337 e. The van der Waals surface area contributed by atoms with E-state index < -0.39 is 5.82 Å². The van der Waals surface area contributed by atoms with Crippen LogP contribution in [0.1, 0.15) is 44.7 Å². The van der Waals surface area contributed by atoms with Crippen LogP contribution in [-0.4, -0.2) is 43.5 Å². The molecule has 1 spiro atoms. The number of piperidine rings is 1. The molecular weight excluding hydrogens is 450 g/mol. The third kappa shape index (κ3) is 4.44. The second kappa shape index (κ2) is 9.23. The molecule has 3 aromatic rings. The van der Waals surface area contributed by atoms with E-state index in [2.05, 4.69) is 4.90 Å². The lowest BCUT2D eigenvalue weighted by Crippen LogP contribution is -2.45. The molecular formula is C28H26F2N2O3. The molecule has 5 rings (SSSR count). The summed E-state index contributed by atoms with van der Waals surface area (Å²) in [5, 5.41) is 0. The van der Waals surface area contributed by atoms with Crippen molar-refractivity contribution in [1.82, 2.24) is 4.90 Å². The average molecular weight is 477 g/mol. The Morgan fingerprint density at radius 1 is 0.886 bits per heavy atom. The van der Waals surface area contributed by atoms with Crippen molar-refractivity contribution in [2.75, 3.05) is 31.6 Å². The van der Waals surface area contributed by atoms with Crippen LogP contribution in [0.15, 0.2) is 66.7 Å². The molecule has 0 bridgehead atoms. The minimum absolute atomic E-state index is 0.206. The molecule has 0 unspecified atom stereocenters. The first-order valence-corrected chi connectivity index (χ1v) is 11.7. The molecule has 0 atom stereocenters. The number of halogens is 2. The Morgan fingerprint density at radius 3 is 2.17 bits per heavy atom. The van der Waals surface area contributed by atoms with Gasteiger partial charge in [-0.15, -0.1) is 0 Å².